The van der Waals surface area contributed by atoms with Crippen molar-refractivity contribution < 1.29 is 10.2 Å². The summed E-state index contributed by atoms with van der Waals surface area (Å²) in [5.74, 6) is 2.30. The number of aromatic hydroxyl groups is 1. The van der Waals surface area contributed by atoms with Crippen molar-refractivity contribution in [3.63, 3.8) is 0 Å². The third-order valence-electron chi connectivity index (χ3n) is 7.19. The molecule has 2 saturated carbocycles. The van der Waals surface area contributed by atoms with Crippen molar-refractivity contribution in [2.75, 3.05) is 0 Å². The smallest absolute Gasteiger partial charge is 0.115 e. The molecule has 3 aliphatic carbocycles. The fourth-order valence-corrected chi connectivity index (χ4v) is 6.55. The first kappa shape index (κ1) is 14.6. The molecular formula is C20H28O2. The Morgan fingerprint density at radius 2 is 1.86 bits per heavy atom. The van der Waals surface area contributed by atoms with Crippen molar-refractivity contribution in [3.8, 4) is 5.75 Å². The summed E-state index contributed by atoms with van der Waals surface area (Å²) in [5.41, 5.74) is 3.10. The first-order chi connectivity index (χ1) is 10.3. The standard InChI is InChI=1S/C20H28O2/c1-19(2)11-20(3)16(8-9-17(20)22)15-6-4-12-10-13(21)5-7-14(12)18(15)19/h5,7,10,15-18,21-22H,4,6,8-9,11H2,1-3H3/t15-,16-,17+,18+,20-/m0/s1. The molecule has 4 rings (SSSR count). The third-order valence-corrected chi connectivity index (χ3v) is 7.19. The van der Waals surface area contributed by atoms with Gasteiger partial charge in [-0.15, -0.1) is 0 Å². The summed E-state index contributed by atoms with van der Waals surface area (Å²) < 4.78 is 0. The van der Waals surface area contributed by atoms with Crippen LogP contribution in [-0.2, 0) is 6.42 Å². The number of aliphatic hydroxyl groups excluding tert-OH is 1. The Morgan fingerprint density at radius 1 is 1.09 bits per heavy atom. The lowest BCUT2D eigenvalue weighted by molar-refractivity contribution is -0.0760. The van der Waals surface area contributed by atoms with E-state index in [1.807, 2.05) is 12.1 Å². The predicted molar refractivity (Wildman–Crippen MR) is 87.9 cm³/mol. The highest BCUT2D eigenvalue weighted by Crippen LogP contribution is 2.66. The molecule has 0 radical (unpaired) electrons. The van der Waals surface area contributed by atoms with E-state index in [0.717, 1.165) is 19.3 Å². The third kappa shape index (κ3) is 1.83. The molecule has 0 unspecified atom stereocenters. The summed E-state index contributed by atoms with van der Waals surface area (Å²) in [6, 6.07) is 5.99. The number of phenolic OH excluding ortho intramolecular Hbond substituents is 1. The highest BCUT2D eigenvalue weighted by Gasteiger charge is 2.59. The van der Waals surface area contributed by atoms with Gasteiger partial charge >= 0.3 is 0 Å². The number of rotatable bonds is 0. The number of hydrogen-bond donors (Lipinski definition) is 2. The average molecular weight is 300 g/mol. The zero-order chi connectivity index (χ0) is 15.7. The van der Waals surface area contributed by atoms with E-state index in [1.54, 1.807) is 0 Å². The second kappa shape index (κ2) is 4.50. The van der Waals surface area contributed by atoms with E-state index in [9.17, 15) is 10.2 Å². The number of aryl methyl sites for hydroxylation is 1. The normalized spacial score (nSPS) is 42.4. The molecule has 2 N–H and O–H groups in total. The van der Waals surface area contributed by atoms with Gasteiger partial charge in [-0.05, 0) is 83.9 Å². The van der Waals surface area contributed by atoms with Gasteiger partial charge in [0.15, 0.2) is 0 Å². The van der Waals surface area contributed by atoms with Crippen LogP contribution in [0, 0.1) is 22.7 Å². The lowest BCUT2D eigenvalue weighted by Gasteiger charge is -2.57. The van der Waals surface area contributed by atoms with Gasteiger partial charge in [0.1, 0.15) is 5.75 Å². The van der Waals surface area contributed by atoms with Crippen LogP contribution in [-0.4, -0.2) is 16.3 Å². The minimum atomic E-state index is -0.126. The van der Waals surface area contributed by atoms with E-state index >= 15 is 0 Å². The SMILES string of the molecule is CC1(C)C[C@]2(C)[C@H](O)CC[C@H]2[C@@H]2CCc3cc(O)ccc3[C@H]21. The Bertz CT molecular complexity index is 606. The minimum Gasteiger partial charge on any atom is -0.508 e. The molecule has 0 saturated heterocycles. The van der Waals surface area contributed by atoms with Crippen molar-refractivity contribution in [2.24, 2.45) is 22.7 Å². The Morgan fingerprint density at radius 3 is 2.64 bits per heavy atom. The molecule has 0 spiro atoms. The van der Waals surface area contributed by atoms with Gasteiger partial charge in [-0.3, -0.25) is 0 Å². The monoisotopic (exact) mass is 300 g/mol. The Balaban J connectivity index is 1.82. The zero-order valence-electron chi connectivity index (χ0n) is 14.0. The van der Waals surface area contributed by atoms with Crippen molar-refractivity contribution in [2.45, 2.75) is 64.9 Å². The highest BCUT2D eigenvalue weighted by molar-refractivity contribution is 5.41. The summed E-state index contributed by atoms with van der Waals surface area (Å²) in [5, 5.41) is 20.4. The molecule has 0 amide bonds. The van der Waals surface area contributed by atoms with E-state index in [4.69, 9.17) is 0 Å². The topological polar surface area (TPSA) is 40.5 Å². The summed E-state index contributed by atoms with van der Waals surface area (Å²) in [4.78, 5) is 0. The second-order valence-electron chi connectivity index (χ2n) is 8.93. The molecule has 5 atom stereocenters. The maximum Gasteiger partial charge on any atom is 0.115 e. The molecule has 3 aliphatic rings. The van der Waals surface area contributed by atoms with Crippen molar-refractivity contribution in [1.29, 1.82) is 0 Å². The van der Waals surface area contributed by atoms with Gasteiger partial charge in [0.05, 0.1) is 6.10 Å². The quantitative estimate of drug-likeness (QED) is 0.752. The van der Waals surface area contributed by atoms with Gasteiger partial charge in [-0.1, -0.05) is 26.8 Å². The molecule has 2 heteroatoms. The fourth-order valence-electron chi connectivity index (χ4n) is 6.55. The van der Waals surface area contributed by atoms with Gasteiger partial charge in [-0.25, -0.2) is 0 Å². The van der Waals surface area contributed by atoms with Gasteiger partial charge in [0.2, 0.25) is 0 Å². The van der Waals surface area contributed by atoms with Crippen molar-refractivity contribution in [3.05, 3.63) is 29.3 Å². The van der Waals surface area contributed by atoms with E-state index in [2.05, 4.69) is 26.8 Å². The Labute approximate surface area is 133 Å². The molecule has 120 valence electrons. The van der Waals surface area contributed by atoms with Crippen LogP contribution in [0.15, 0.2) is 18.2 Å². The number of aliphatic hydroxyl groups is 1. The molecule has 22 heavy (non-hydrogen) atoms. The number of fused-ring (bicyclic) bond motifs is 5. The van der Waals surface area contributed by atoms with Gasteiger partial charge in [0, 0.05) is 0 Å². The summed E-state index contributed by atoms with van der Waals surface area (Å²) in [6.45, 7) is 7.11. The zero-order valence-corrected chi connectivity index (χ0v) is 14.0. The highest BCUT2D eigenvalue weighted by atomic mass is 16.3. The first-order valence-electron chi connectivity index (χ1n) is 8.83. The van der Waals surface area contributed by atoms with E-state index in [0.29, 0.717) is 23.5 Å². The summed E-state index contributed by atoms with van der Waals surface area (Å²) in [7, 11) is 0. The lowest BCUT2D eigenvalue weighted by Crippen LogP contribution is -2.51. The minimum absolute atomic E-state index is 0.0963. The van der Waals surface area contributed by atoms with E-state index < -0.39 is 0 Å². The van der Waals surface area contributed by atoms with Crippen molar-refractivity contribution in [1.82, 2.24) is 0 Å². The molecule has 1 aromatic carbocycles. The molecule has 1 aromatic rings. The van der Waals surface area contributed by atoms with Crippen LogP contribution < -0.4 is 0 Å². The van der Waals surface area contributed by atoms with Gasteiger partial charge in [-0.2, -0.15) is 0 Å². The van der Waals surface area contributed by atoms with Crippen LogP contribution in [0.2, 0.25) is 0 Å². The lowest BCUT2D eigenvalue weighted by atomic mass is 9.47. The Hall–Kier alpha value is -1.02. The maximum absolute atomic E-state index is 10.6. The number of phenols is 1. The second-order valence-corrected chi connectivity index (χ2v) is 8.93. The molecule has 2 nitrogen and oxygen atoms in total. The van der Waals surface area contributed by atoms with E-state index in [1.165, 1.54) is 24.0 Å². The first-order valence-corrected chi connectivity index (χ1v) is 8.83. The summed E-state index contributed by atoms with van der Waals surface area (Å²) in [6.07, 6.45) is 5.42. The van der Waals surface area contributed by atoms with E-state index in [-0.39, 0.29) is 16.9 Å². The van der Waals surface area contributed by atoms with Crippen LogP contribution in [0.5, 0.6) is 5.75 Å². The fraction of sp³-hybridized carbons (Fsp3) is 0.700. The van der Waals surface area contributed by atoms with Crippen LogP contribution in [0.4, 0.5) is 0 Å². The van der Waals surface area contributed by atoms with Crippen molar-refractivity contribution >= 4 is 0 Å². The average Bonchev–Trinajstić information content (AvgIpc) is 2.72. The molecule has 2 fully saturated rings. The molecule has 0 aliphatic heterocycles. The van der Waals surface area contributed by atoms with Crippen LogP contribution >= 0.6 is 0 Å². The van der Waals surface area contributed by atoms with Crippen LogP contribution in [0.25, 0.3) is 0 Å². The number of benzene rings is 1. The Kier molecular flexibility index (Phi) is 2.98. The predicted octanol–water partition coefficient (Wildman–Crippen LogP) is 4.25. The van der Waals surface area contributed by atoms with Gasteiger partial charge < -0.3 is 10.2 Å². The van der Waals surface area contributed by atoms with Crippen LogP contribution in [0.3, 0.4) is 0 Å². The summed E-state index contributed by atoms with van der Waals surface area (Å²) >= 11 is 0. The molecular weight excluding hydrogens is 272 g/mol. The molecule has 0 aromatic heterocycles. The molecule has 0 bridgehead atoms. The maximum atomic E-state index is 10.6. The van der Waals surface area contributed by atoms with Gasteiger partial charge in [0.25, 0.3) is 0 Å². The van der Waals surface area contributed by atoms with Crippen LogP contribution in [0.1, 0.15) is 63.5 Å². The molecule has 0 heterocycles. The largest absolute Gasteiger partial charge is 0.508 e. The number of hydrogen-bond acceptors (Lipinski definition) is 2.